The number of hydrogen-bond acceptors (Lipinski definition) is 4. The molecule has 1 aliphatic carbocycles. The van der Waals surface area contributed by atoms with Crippen LogP contribution in [0.25, 0.3) is 0 Å². The fourth-order valence-corrected chi connectivity index (χ4v) is 2.90. The number of methoxy groups -OCH3 is 1. The van der Waals surface area contributed by atoms with Gasteiger partial charge < -0.3 is 15.2 Å². The highest BCUT2D eigenvalue weighted by Gasteiger charge is 2.25. The Balaban J connectivity index is 1.87. The summed E-state index contributed by atoms with van der Waals surface area (Å²) >= 11 is 0. The highest BCUT2D eigenvalue weighted by atomic mass is 16.5. The van der Waals surface area contributed by atoms with Gasteiger partial charge in [0.05, 0.1) is 25.9 Å². The van der Waals surface area contributed by atoms with E-state index in [1.54, 1.807) is 7.11 Å². The third-order valence-electron chi connectivity index (χ3n) is 4.10. The van der Waals surface area contributed by atoms with Crippen LogP contribution in [0.15, 0.2) is 18.2 Å². The molecule has 108 valence electrons. The van der Waals surface area contributed by atoms with Crippen LogP contribution in [0, 0.1) is 23.2 Å². The van der Waals surface area contributed by atoms with Gasteiger partial charge in [-0.1, -0.05) is 12.5 Å². The molecule has 2 unspecified atom stereocenters. The highest BCUT2D eigenvalue weighted by Crippen LogP contribution is 2.31. The molecule has 0 amide bonds. The van der Waals surface area contributed by atoms with Gasteiger partial charge in [-0.25, -0.2) is 0 Å². The molecule has 20 heavy (non-hydrogen) atoms. The van der Waals surface area contributed by atoms with E-state index in [-0.39, 0.29) is 0 Å². The first-order valence-corrected chi connectivity index (χ1v) is 7.13. The molecule has 2 N–H and O–H groups in total. The van der Waals surface area contributed by atoms with E-state index in [0.717, 1.165) is 18.7 Å². The Labute approximate surface area is 120 Å². The summed E-state index contributed by atoms with van der Waals surface area (Å²) in [5, 5.41) is 9.05. The largest absolute Gasteiger partial charge is 0.495 e. The average molecular weight is 274 g/mol. The van der Waals surface area contributed by atoms with Crippen molar-refractivity contribution in [1.29, 1.82) is 5.26 Å². The third kappa shape index (κ3) is 3.50. The monoisotopic (exact) mass is 274 g/mol. The Bertz CT molecular complexity index is 482. The normalized spacial score (nSPS) is 21.6. The minimum atomic E-state index is 0.534. The summed E-state index contributed by atoms with van der Waals surface area (Å²) in [5.41, 5.74) is 7.33. The van der Waals surface area contributed by atoms with Crippen molar-refractivity contribution in [3.63, 3.8) is 0 Å². The minimum Gasteiger partial charge on any atom is -0.495 e. The average Bonchev–Trinajstić information content (AvgIpc) is 2.94. The molecule has 1 fully saturated rings. The molecule has 0 radical (unpaired) electrons. The van der Waals surface area contributed by atoms with E-state index < -0.39 is 0 Å². The number of ether oxygens (including phenoxy) is 2. The zero-order chi connectivity index (χ0) is 14.4. The quantitative estimate of drug-likeness (QED) is 0.865. The smallest absolute Gasteiger partial charge is 0.136 e. The maximum atomic E-state index is 9.05. The van der Waals surface area contributed by atoms with Crippen LogP contribution in [-0.2, 0) is 11.3 Å². The molecule has 1 aliphatic rings. The van der Waals surface area contributed by atoms with Crippen LogP contribution >= 0.6 is 0 Å². The second kappa shape index (κ2) is 7.28. The van der Waals surface area contributed by atoms with E-state index in [0.29, 0.717) is 29.8 Å². The maximum absolute atomic E-state index is 9.05. The SMILES string of the molecule is COc1ccc(COCC2CCCC2CN)cc1C#N. The van der Waals surface area contributed by atoms with Gasteiger partial charge in [-0.2, -0.15) is 5.26 Å². The molecule has 0 spiro atoms. The van der Waals surface area contributed by atoms with E-state index in [1.165, 1.54) is 19.3 Å². The predicted molar refractivity (Wildman–Crippen MR) is 77.3 cm³/mol. The van der Waals surface area contributed by atoms with E-state index >= 15 is 0 Å². The predicted octanol–water partition coefficient (Wildman–Crippen LogP) is 2.46. The van der Waals surface area contributed by atoms with Crippen LogP contribution in [0.2, 0.25) is 0 Å². The number of hydrogen-bond donors (Lipinski definition) is 1. The van der Waals surface area contributed by atoms with Crippen molar-refractivity contribution in [2.24, 2.45) is 17.6 Å². The van der Waals surface area contributed by atoms with Gasteiger partial charge in [0.2, 0.25) is 0 Å². The number of nitrogens with two attached hydrogens (primary N) is 1. The fourth-order valence-electron chi connectivity index (χ4n) is 2.90. The minimum absolute atomic E-state index is 0.534. The highest BCUT2D eigenvalue weighted by molar-refractivity contribution is 5.45. The van der Waals surface area contributed by atoms with Gasteiger partial charge in [-0.15, -0.1) is 0 Å². The zero-order valence-electron chi connectivity index (χ0n) is 12.0. The number of benzene rings is 1. The third-order valence-corrected chi connectivity index (χ3v) is 4.10. The summed E-state index contributed by atoms with van der Waals surface area (Å²) in [6, 6.07) is 7.72. The molecule has 0 bridgehead atoms. The lowest BCUT2D eigenvalue weighted by molar-refractivity contribution is 0.0753. The van der Waals surface area contributed by atoms with E-state index in [9.17, 15) is 0 Å². The van der Waals surface area contributed by atoms with E-state index in [1.807, 2.05) is 18.2 Å². The van der Waals surface area contributed by atoms with Crippen LogP contribution in [0.5, 0.6) is 5.75 Å². The van der Waals surface area contributed by atoms with Gasteiger partial charge in [-0.05, 0) is 48.9 Å². The lowest BCUT2D eigenvalue weighted by Gasteiger charge is -2.17. The lowest BCUT2D eigenvalue weighted by atomic mass is 9.97. The number of nitrogens with zero attached hydrogens (tertiary/aromatic N) is 1. The molecule has 2 atom stereocenters. The van der Waals surface area contributed by atoms with Crippen LogP contribution in [0.4, 0.5) is 0 Å². The van der Waals surface area contributed by atoms with Gasteiger partial charge in [0, 0.05) is 0 Å². The van der Waals surface area contributed by atoms with Crippen molar-refractivity contribution < 1.29 is 9.47 Å². The van der Waals surface area contributed by atoms with E-state index in [2.05, 4.69) is 6.07 Å². The first kappa shape index (κ1) is 14.8. The topological polar surface area (TPSA) is 68.3 Å². The molecular weight excluding hydrogens is 252 g/mol. The van der Waals surface area contributed by atoms with Gasteiger partial charge in [0.1, 0.15) is 11.8 Å². The second-order valence-corrected chi connectivity index (χ2v) is 5.35. The van der Waals surface area contributed by atoms with Crippen molar-refractivity contribution in [1.82, 2.24) is 0 Å². The molecule has 1 aromatic carbocycles. The van der Waals surface area contributed by atoms with Crippen molar-refractivity contribution in [2.75, 3.05) is 20.3 Å². The molecule has 0 aliphatic heterocycles. The molecule has 0 saturated heterocycles. The van der Waals surface area contributed by atoms with Crippen molar-refractivity contribution in [2.45, 2.75) is 25.9 Å². The summed E-state index contributed by atoms with van der Waals surface area (Å²) in [5.74, 6) is 1.81. The molecule has 0 heterocycles. The lowest BCUT2D eigenvalue weighted by Crippen LogP contribution is -2.22. The molecule has 4 nitrogen and oxygen atoms in total. The Kier molecular flexibility index (Phi) is 5.40. The van der Waals surface area contributed by atoms with Crippen molar-refractivity contribution >= 4 is 0 Å². The van der Waals surface area contributed by atoms with Crippen LogP contribution in [0.3, 0.4) is 0 Å². The Morgan fingerprint density at radius 2 is 2.15 bits per heavy atom. The number of nitriles is 1. The summed E-state index contributed by atoms with van der Waals surface area (Å²) in [4.78, 5) is 0. The fraction of sp³-hybridized carbons (Fsp3) is 0.562. The summed E-state index contributed by atoms with van der Waals surface area (Å²) in [7, 11) is 1.57. The first-order chi connectivity index (χ1) is 9.78. The summed E-state index contributed by atoms with van der Waals surface area (Å²) < 4.78 is 10.9. The van der Waals surface area contributed by atoms with Crippen LogP contribution < -0.4 is 10.5 Å². The Hall–Kier alpha value is -1.57. The van der Waals surface area contributed by atoms with Gasteiger partial charge in [0.15, 0.2) is 0 Å². The second-order valence-electron chi connectivity index (χ2n) is 5.35. The molecular formula is C16H22N2O2. The standard InChI is InChI=1S/C16H22N2O2/c1-19-16-6-5-12(7-15(16)9-18)10-20-11-14-4-2-3-13(14)8-17/h5-7,13-14H,2-4,8,10-11,17H2,1H3. The van der Waals surface area contributed by atoms with Crippen LogP contribution in [-0.4, -0.2) is 20.3 Å². The maximum Gasteiger partial charge on any atom is 0.136 e. The van der Waals surface area contributed by atoms with Gasteiger partial charge in [0.25, 0.3) is 0 Å². The first-order valence-electron chi connectivity index (χ1n) is 7.13. The van der Waals surface area contributed by atoms with E-state index in [4.69, 9.17) is 20.5 Å². The Morgan fingerprint density at radius 1 is 1.35 bits per heavy atom. The number of rotatable bonds is 6. The van der Waals surface area contributed by atoms with Gasteiger partial charge >= 0.3 is 0 Å². The van der Waals surface area contributed by atoms with Gasteiger partial charge in [-0.3, -0.25) is 0 Å². The van der Waals surface area contributed by atoms with Crippen molar-refractivity contribution in [3.05, 3.63) is 29.3 Å². The molecule has 1 saturated carbocycles. The van der Waals surface area contributed by atoms with Crippen molar-refractivity contribution in [3.8, 4) is 11.8 Å². The zero-order valence-corrected chi connectivity index (χ0v) is 12.0. The Morgan fingerprint density at radius 3 is 2.85 bits per heavy atom. The molecule has 1 aromatic rings. The summed E-state index contributed by atoms with van der Waals surface area (Å²) in [6.45, 7) is 2.05. The summed E-state index contributed by atoms with van der Waals surface area (Å²) in [6.07, 6.45) is 3.70. The molecule has 4 heteroatoms. The van der Waals surface area contributed by atoms with Crippen LogP contribution in [0.1, 0.15) is 30.4 Å². The molecule has 0 aromatic heterocycles. The molecule has 2 rings (SSSR count).